The van der Waals surface area contributed by atoms with E-state index in [1.165, 1.54) is 0 Å². The predicted octanol–water partition coefficient (Wildman–Crippen LogP) is 4.79. The molecule has 0 spiro atoms. The van der Waals surface area contributed by atoms with Crippen molar-refractivity contribution in [2.24, 2.45) is 5.10 Å². The molecule has 0 aliphatic rings. The van der Waals surface area contributed by atoms with E-state index in [4.69, 9.17) is 4.74 Å². The number of amides is 1. The SMILES string of the molecule is O=C(NN=Cc1ccccc1OCc1ccccc1)c1ccc(Br)cc1. The van der Waals surface area contributed by atoms with Crippen molar-refractivity contribution in [3.05, 3.63) is 100 Å². The van der Waals surface area contributed by atoms with E-state index in [-0.39, 0.29) is 5.91 Å². The second-order valence-electron chi connectivity index (χ2n) is 5.52. The largest absolute Gasteiger partial charge is 0.488 e. The predicted molar refractivity (Wildman–Crippen MR) is 106 cm³/mol. The number of rotatable bonds is 6. The Kier molecular flexibility index (Phi) is 6.17. The minimum atomic E-state index is -0.267. The van der Waals surface area contributed by atoms with E-state index in [0.29, 0.717) is 17.9 Å². The highest BCUT2D eigenvalue weighted by Gasteiger charge is 2.04. The van der Waals surface area contributed by atoms with Crippen molar-refractivity contribution >= 4 is 28.1 Å². The Bertz CT molecular complexity index is 893. The van der Waals surface area contributed by atoms with Gasteiger partial charge < -0.3 is 4.74 Å². The molecule has 5 heteroatoms. The number of benzene rings is 3. The lowest BCUT2D eigenvalue weighted by molar-refractivity contribution is 0.0955. The molecule has 3 aromatic rings. The normalized spacial score (nSPS) is 10.7. The van der Waals surface area contributed by atoms with Gasteiger partial charge in [-0.2, -0.15) is 5.10 Å². The quantitative estimate of drug-likeness (QED) is 0.470. The van der Waals surface area contributed by atoms with Gasteiger partial charge in [0.1, 0.15) is 12.4 Å². The Morgan fingerprint density at radius 1 is 0.962 bits per heavy atom. The molecule has 0 bridgehead atoms. The van der Waals surface area contributed by atoms with Gasteiger partial charge in [-0.3, -0.25) is 4.79 Å². The standard InChI is InChI=1S/C21H17BrN2O2/c22-19-12-10-17(11-13-19)21(25)24-23-14-18-8-4-5-9-20(18)26-15-16-6-2-1-3-7-16/h1-14H,15H2,(H,24,25). The van der Waals surface area contributed by atoms with E-state index in [0.717, 1.165) is 15.6 Å². The fraction of sp³-hybridized carbons (Fsp3) is 0.0476. The zero-order valence-corrected chi connectivity index (χ0v) is 15.5. The van der Waals surface area contributed by atoms with E-state index in [1.54, 1.807) is 18.3 Å². The smallest absolute Gasteiger partial charge is 0.271 e. The molecular weight excluding hydrogens is 392 g/mol. The highest BCUT2D eigenvalue weighted by Crippen LogP contribution is 2.17. The Balaban J connectivity index is 1.63. The van der Waals surface area contributed by atoms with Crippen molar-refractivity contribution in [2.75, 3.05) is 0 Å². The molecule has 0 unspecified atom stereocenters. The lowest BCUT2D eigenvalue weighted by Gasteiger charge is -2.09. The number of para-hydroxylation sites is 1. The summed E-state index contributed by atoms with van der Waals surface area (Å²) in [6, 6.07) is 24.6. The molecule has 3 aromatic carbocycles. The van der Waals surface area contributed by atoms with Gasteiger partial charge in [0, 0.05) is 15.6 Å². The molecule has 4 nitrogen and oxygen atoms in total. The summed E-state index contributed by atoms with van der Waals surface area (Å²) in [5, 5.41) is 4.04. The number of ether oxygens (including phenoxy) is 1. The molecule has 0 fully saturated rings. The maximum Gasteiger partial charge on any atom is 0.271 e. The lowest BCUT2D eigenvalue weighted by Crippen LogP contribution is -2.17. The van der Waals surface area contributed by atoms with Gasteiger partial charge in [0.2, 0.25) is 0 Å². The van der Waals surface area contributed by atoms with Gasteiger partial charge >= 0.3 is 0 Å². The molecule has 0 heterocycles. The Hall–Kier alpha value is -2.92. The first-order chi connectivity index (χ1) is 12.7. The van der Waals surface area contributed by atoms with Gasteiger partial charge in [0.25, 0.3) is 5.91 Å². The molecule has 0 aromatic heterocycles. The first kappa shape index (κ1) is 17.9. The van der Waals surface area contributed by atoms with E-state index in [1.807, 2.05) is 66.7 Å². The molecule has 130 valence electrons. The molecule has 0 saturated heterocycles. The zero-order valence-electron chi connectivity index (χ0n) is 13.9. The third-order valence-corrected chi connectivity index (χ3v) is 4.16. The fourth-order valence-corrected chi connectivity index (χ4v) is 2.54. The molecule has 3 rings (SSSR count). The fourth-order valence-electron chi connectivity index (χ4n) is 2.28. The van der Waals surface area contributed by atoms with E-state index >= 15 is 0 Å². The molecule has 26 heavy (non-hydrogen) atoms. The highest BCUT2D eigenvalue weighted by atomic mass is 79.9. The van der Waals surface area contributed by atoms with Crippen molar-refractivity contribution in [1.82, 2.24) is 5.43 Å². The Morgan fingerprint density at radius 2 is 1.65 bits per heavy atom. The summed E-state index contributed by atoms with van der Waals surface area (Å²) in [7, 11) is 0. The van der Waals surface area contributed by atoms with Crippen LogP contribution in [0.4, 0.5) is 0 Å². The van der Waals surface area contributed by atoms with Crippen LogP contribution in [0.3, 0.4) is 0 Å². The number of carbonyl (C=O) groups is 1. The average Bonchev–Trinajstić information content (AvgIpc) is 2.68. The van der Waals surface area contributed by atoms with Crippen LogP contribution in [-0.2, 0) is 6.61 Å². The minimum absolute atomic E-state index is 0.267. The van der Waals surface area contributed by atoms with Gasteiger partial charge in [-0.15, -0.1) is 0 Å². The number of halogens is 1. The summed E-state index contributed by atoms with van der Waals surface area (Å²) < 4.78 is 6.79. The molecular formula is C21H17BrN2O2. The first-order valence-corrected chi connectivity index (χ1v) is 8.86. The molecule has 0 aliphatic heterocycles. The number of nitrogens with zero attached hydrogens (tertiary/aromatic N) is 1. The van der Waals surface area contributed by atoms with Crippen LogP contribution in [0.1, 0.15) is 21.5 Å². The van der Waals surface area contributed by atoms with Crippen LogP contribution in [0, 0.1) is 0 Å². The van der Waals surface area contributed by atoms with Crippen molar-refractivity contribution in [1.29, 1.82) is 0 Å². The highest BCUT2D eigenvalue weighted by molar-refractivity contribution is 9.10. The summed E-state index contributed by atoms with van der Waals surface area (Å²) in [6.07, 6.45) is 1.58. The van der Waals surface area contributed by atoms with Crippen molar-refractivity contribution in [3.63, 3.8) is 0 Å². The summed E-state index contributed by atoms with van der Waals surface area (Å²) in [5.74, 6) is 0.439. The molecule has 0 radical (unpaired) electrons. The van der Waals surface area contributed by atoms with E-state index in [9.17, 15) is 4.79 Å². The van der Waals surface area contributed by atoms with Crippen LogP contribution >= 0.6 is 15.9 Å². The maximum absolute atomic E-state index is 12.1. The van der Waals surface area contributed by atoms with Crippen molar-refractivity contribution in [2.45, 2.75) is 6.61 Å². The van der Waals surface area contributed by atoms with E-state index < -0.39 is 0 Å². The van der Waals surface area contributed by atoms with Crippen LogP contribution in [-0.4, -0.2) is 12.1 Å². The monoisotopic (exact) mass is 408 g/mol. The zero-order chi connectivity index (χ0) is 18.2. The van der Waals surface area contributed by atoms with Crippen molar-refractivity contribution in [3.8, 4) is 5.75 Å². The van der Waals surface area contributed by atoms with Crippen LogP contribution in [0.15, 0.2) is 88.4 Å². The number of carbonyl (C=O) groups excluding carboxylic acids is 1. The Labute approximate surface area is 160 Å². The molecule has 0 atom stereocenters. The van der Waals surface area contributed by atoms with Crippen LogP contribution in [0.2, 0.25) is 0 Å². The van der Waals surface area contributed by atoms with Crippen molar-refractivity contribution < 1.29 is 9.53 Å². The van der Waals surface area contributed by atoms with Gasteiger partial charge in [-0.1, -0.05) is 58.4 Å². The summed E-state index contributed by atoms with van der Waals surface area (Å²) >= 11 is 3.34. The van der Waals surface area contributed by atoms with Crippen LogP contribution < -0.4 is 10.2 Å². The van der Waals surface area contributed by atoms with Gasteiger partial charge in [-0.05, 0) is 42.0 Å². The molecule has 1 N–H and O–H groups in total. The minimum Gasteiger partial charge on any atom is -0.488 e. The molecule has 1 amide bonds. The number of hydrogen-bond donors (Lipinski definition) is 1. The molecule has 0 aliphatic carbocycles. The maximum atomic E-state index is 12.1. The lowest BCUT2D eigenvalue weighted by atomic mass is 10.2. The van der Waals surface area contributed by atoms with Gasteiger partial charge in [-0.25, -0.2) is 5.43 Å². The first-order valence-electron chi connectivity index (χ1n) is 8.07. The number of hydrazone groups is 1. The summed E-state index contributed by atoms with van der Waals surface area (Å²) in [5.41, 5.74) is 4.95. The Morgan fingerprint density at radius 3 is 2.42 bits per heavy atom. The number of nitrogens with one attached hydrogen (secondary N) is 1. The van der Waals surface area contributed by atoms with Crippen LogP contribution in [0.5, 0.6) is 5.75 Å². The molecule has 0 saturated carbocycles. The second-order valence-corrected chi connectivity index (χ2v) is 6.43. The third-order valence-electron chi connectivity index (χ3n) is 3.63. The third kappa shape index (κ3) is 5.04. The average molecular weight is 409 g/mol. The number of hydrogen-bond acceptors (Lipinski definition) is 3. The van der Waals surface area contributed by atoms with E-state index in [2.05, 4.69) is 26.5 Å². The second kappa shape index (κ2) is 8.97. The summed E-state index contributed by atoms with van der Waals surface area (Å²) in [4.78, 5) is 12.1. The summed E-state index contributed by atoms with van der Waals surface area (Å²) in [6.45, 7) is 0.469. The topological polar surface area (TPSA) is 50.7 Å². The van der Waals surface area contributed by atoms with Gasteiger partial charge in [0.05, 0.1) is 6.21 Å². The van der Waals surface area contributed by atoms with Gasteiger partial charge in [0.15, 0.2) is 0 Å². The van der Waals surface area contributed by atoms with Crippen LogP contribution in [0.25, 0.3) is 0 Å².